The van der Waals surface area contributed by atoms with Gasteiger partial charge in [0.05, 0.1) is 13.0 Å². The van der Waals surface area contributed by atoms with Crippen LogP contribution in [0, 0.1) is 17.7 Å². The molecule has 0 saturated heterocycles. The maximum atomic E-state index is 14.0. The van der Waals surface area contributed by atoms with Gasteiger partial charge in [0.2, 0.25) is 0 Å². The number of ether oxygens (including phenoxy) is 1. The molecule has 0 aliphatic rings. The number of rotatable bonds is 5. The zero-order valence-corrected chi connectivity index (χ0v) is 13.1. The molecule has 1 aromatic carbocycles. The average molecular weight is 332 g/mol. The zero-order chi connectivity index (χ0) is 14.6. The Balaban J connectivity index is 3.23. The number of nitrogens with one attached hydrogen (secondary N) is 1. The number of carbonyl (C=O) groups is 1. The summed E-state index contributed by atoms with van der Waals surface area (Å²) in [5.74, 6) is -1.09. The topological polar surface area (TPSA) is 38.3 Å². The van der Waals surface area contributed by atoms with Crippen LogP contribution in [0.2, 0.25) is 0 Å². The van der Waals surface area contributed by atoms with Gasteiger partial charge in [-0.25, -0.2) is 4.39 Å². The van der Waals surface area contributed by atoms with Gasteiger partial charge in [0.15, 0.2) is 0 Å². The Kier molecular flexibility index (Phi) is 5.94. The van der Waals surface area contributed by atoms with Gasteiger partial charge in [-0.15, -0.1) is 0 Å². The molecule has 1 aromatic rings. The molecule has 1 N–H and O–H groups in total. The third-order valence-corrected chi connectivity index (χ3v) is 3.65. The maximum absolute atomic E-state index is 14.0. The van der Waals surface area contributed by atoms with Gasteiger partial charge in [-0.05, 0) is 31.2 Å². The lowest BCUT2D eigenvalue weighted by Crippen LogP contribution is -2.35. The molecule has 0 saturated carbocycles. The van der Waals surface area contributed by atoms with Crippen LogP contribution >= 0.6 is 15.9 Å². The second kappa shape index (κ2) is 7.01. The molecule has 0 aromatic heterocycles. The van der Waals surface area contributed by atoms with Gasteiger partial charge < -0.3 is 10.1 Å². The fourth-order valence-electron chi connectivity index (χ4n) is 2.21. The Morgan fingerprint density at radius 3 is 2.53 bits per heavy atom. The first kappa shape index (κ1) is 16.1. The summed E-state index contributed by atoms with van der Waals surface area (Å²) < 4.78 is 19.6. The number of halogens is 2. The van der Waals surface area contributed by atoms with Crippen molar-refractivity contribution < 1.29 is 13.9 Å². The maximum Gasteiger partial charge on any atom is 0.310 e. The van der Waals surface area contributed by atoms with E-state index in [1.54, 1.807) is 19.2 Å². The molecule has 1 rings (SSSR count). The van der Waals surface area contributed by atoms with E-state index in [9.17, 15) is 9.18 Å². The molecule has 0 heterocycles. The van der Waals surface area contributed by atoms with Crippen LogP contribution < -0.4 is 5.32 Å². The predicted molar refractivity (Wildman–Crippen MR) is 76.2 cm³/mol. The molecule has 0 aliphatic heterocycles. The fourth-order valence-corrected chi connectivity index (χ4v) is 2.59. The van der Waals surface area contributed by atoms with E-state index >= 15 is 0 Å². The van der Waals surface area contributed by atoms with Crippen molar-refractivity contribution in [1.29, 1.82) is 0 Å². The monoisotopic (exact) mass is 331 g/mol. The molecular formula is C14H19BrFNO2. The van der Waals surface area contributed by atoms with Gasteiger partial charge >= 0.3 is 5.97 Å². The molecular weight excluding hydrogens is 313 g/mol. The largest absolute Gasteiger partial charge is 0.469 e. The van der Waals surface area contributed by atoms with Gasteiger partial charge in [0.25, 0.3) is 0 Å². The summed E-state index contributed by atoms with van der Waals surface area (Å²) in [7, 11) is 3.06. The molecule has 5 heteroatoms. The number of hydrogen-bond donors (Lipinski definition) is 1. The smallest absolute Gasteiger partial charge is 0.310 e. The van der Waals surface area contributed by atoms with Crippen molar-refractivity contribution >= 4 is 21.9 Å². The van der Waals surface area contributed by atoms with E-state index in [1.807, 2.05) is 13.8 Å². The molecule has 0 amide bonds. The van der Waals surface area contributed by atoms with Crippen molar-refractivity contribution in [2.75, 3.05) is 14.2 Å². The quantitative estimate of drug-likeness (QED) is 0.841. The predicted octanol–water partition coefficient (Wildman–Crippen LogP) is 3.29. The first-order valence-corrected chi connectivity index (χ1v) is 6.91. The van der Waals surface area contributed by atoms with Crippen molar-refractivity contribution in [1.82, 2.24) is 5.32 Å². The van der Waals surface area contributed by atoms with Crippen LogP contribution in [0.3, 0.4) is 0 Å². The van der Waals surface area contributed by atoms with Crippen molar-refractivity contribution in [3.63, 3.8) is 0 Å². The fraction of sp³-hybridized carbons (Fsp3) is 0.500. The van der Waals surface area contributed by atoms with Crippen LogP contribution in [0.5, 0.6) is 0 Å². The minimum atomic E-state index is -0.446. The second-order valence-corrected chi connectivity index (χ2v) is 5.64. The second-order valence-electron chi connectivity index (χ2n) is 4.73. The Morgan fingerprint density at radius 1 is 1.42 bits per heavy atom. The highest BCUT2D eigenvalue weighted by Gasteiger charge is 2.33. The highest BCUT2D eigenvalue weighted by Crippen LogP contribution is 2.32. The van der Waals surface area contributed by atoms with Crippen LogP contribution in [-0.2, 0) is 9.53 Å². The summed E-state index contributed by atoms with van der Waals surface area (Å²) in [5, 5.41) is 3.02. The van der Waals surface area contributed by atoms with Crippen LogP contribution in [0.1, 0.15) is 25.5 Å². The van der Waals surface area contributed by atoms with Crippen molar-refractivity contribution in [2.45, 2.75) is 19.9 Å². The normalized spacial score (nSPS) is 14.3. The van der Waals surface area contributed by atoms with E-state index in [0.29, 0.717) is 5.56 Å². The van der Waals surface area contributed by atoms with Gasteiger partial charge in [0, 0.05) is 16.1 Å². The Labute approximate surface area is 121 Å². The number of benzene rings is 1. The Bertz CT molecular complexity index is 451. The lowest BCUT2D eigenvalue weighted by atomic mass is 9.84. The SMILES string of the molecule is CNC(c1cc(Br)ccc1F)C(C(=O)OC)C(C)C. The van der Waals surface area contributed by atoms with Crippen LogP contribution in [0.25, 0.3) is 0 Å². The van der Waals surface area contributed by atoms with Crippen molar-refractivity contribution in [3.05, 3.63) is 34.1 Å². The summed E-state index contributed by atoms with van der Waals surface area (Å²) in [6, 6.07) is 4.28. The number of methoxy groups -OCH3 is 1. The number of esters is 1. The van der Waals surface area contributed by atoms with E-state index in [2.05, 4.69) is 21.2 Å². The first-order valence-electron chi connectivity index (χ1n) is 6.12. The van der Waals surface area contributed by atoms with Crippen LogP contribution in [-0.4, -0.2) is 20.1 Å². The van der Waals surface area contributed by atoms with Crippen molar-refractivity contribution in [2.24, 2.45) is 11.8 Å². The minimum Gasteiger partial charge on any atom is -0.469 e. The number of hydrogen-bond acceptors (Lipinski definition) is 3. The molecule has 0 spiro atoms. The molecule has 2 atom stereocenters. The molecule has 0 fully saturated rings. The van der Waals surface area contributed by atoms with E-state index in [0.717, 1.165) is 4.47 Å². The zero-order valence-electron chi connectivity index (χ0n) is 11.5. The molecule has 3 nitrogen and oxygen atoms in total. The number of carbonyl (C=O) groups excluding carboxylic acids is 1. The van der Waals surface area contributed by atoms with E-state index in [-0.39, 0.29) is 17.7 Å². The summed E-state index contributed by atoms with van der Waals surface area (Å²) in [6.45, 7) is 3.84. The van der Waals surface area contributed by atoms with Gasteiger partial charge in [0.1, 0.15) is 5.82 Å². The molecule has 2 unspecified atom stereocenters. The van der Waals surface area contributed by atoms with Gasteiger partial charge in [-0.3, -0.25) is 4.79 Å². The Morgan fingerprint density at radius 2 is 2.05 bits per heavy atom. The highest BCUT2D eigenvalue weighted by molar-refractivity contribution is 9.10. The summed E-state index contributed by atoms with van der Waals surface area (Å²) in [4.78, 5) is 11.9. The van der Waals surface area contributed by atoms with E-state index in [1.165, 1.54) is 13.2 Å². The molecule has 19 heavy (non-hydrogen) atoms. The summed E-state index contributed by atoms with van der Waals surface area (Å²) in [5.41, 5.74) is 0.459. The molecule has 0 radical (unpaired) electrons. The Hall–Kier alpha value is -0.940. The van der Waals surface area contributed by atoms with Gasteiger partial charge in [-0.1, -0.05) is 29.8 Å². The summed E-state index contributed by atoms with van der Waals surface area (Å²) in [6.07, 6.45) is 0. The third-order valence-electron chi connectivity index (χ3n) is 3.15. The van der Waals surface area contributed by atoms with Crippen molar-refractivity contribution in [3.8, 4) is 0 Å². The molecule has 0 bridgehead atoms. The van der Waals surface area contributed by atoms with Gasteiger partial charge in [-0.2, -0.15) is 0 Å². The van der Waals surface area contributed by atoms with Crippen LogP contribution in [0.15, 0.2) is 22.7 Å². The lowest BCUT2D eigenvalue weighted by Gasteiger charge is -2.28. The van der Waals surface area contributed by atoms with E-state index < -0.39 is 12.0 Å². The lowest BCUT2D eigenvalue weighted by molar-refractivity contribution is -0.148. The standard InChI is InChI=1S/C14H19BrFNO2/c1-8(2)12(14(18)19-4)13(17-3)10-7-9(15)5-6-11(10)16/h5-8,12-13,17H,1-4H3. The molecule has 106 valence electrons. The van der Waals surface area contributed by atoms with Crippen LogP contribution in [0.4, 0.5) is 4.39 Å². The highest BCUT2D eigenvalue weighted by atomic mass is 79.9. The van der Waals surface area contributed by atoms with E-state index in [4.69, 9.17) is 4.74 Å². The average Bonchev–Trinajstić information content (AvgIpc) is 2.37. The molecule has 0 aliphatic carbocycles. The minimum absolute atomic E-state index is 0.0308. The third kappa shape index (κ3) is 3.76. The first-order chi connectivity index (χ1) is 8.92. The summed E-state index contributed by atoms with van der Waals surface area (Å²) >= 11 is 3.32.